The predicted molar refractivity (Wildman–Crippen MR) is 49.4 cm³/mol. The van der Waals surface area contributed by atoms with Crippen LogP contribution in [0.15, 0.2) is 24.8 Å². The van der Waals surface area contributed by atoms with Crippen LogP contribution in [-0.4, -0.2) is 28.3 Å². The highest BCUT2D eigenvalue weighted by molar-refractivity contribution is 5.73. The highest BCUT2D eigenvalue weighted by Crippen LogP contribution is 2.09. The molecule has 2 aromatic rings. The summed E-state index contributed by atoms with van der Waals surface area (Å²) in [6.45, 7) is 1.53. The van der Waals surface area contributed by atoms with Crippen molar-refractivity contribution in [3.05, 3.63) is 24.8 Å². The first-order chi connectivity index (χ1) is 6.42. The van der Waals surface area contributed by atoms with Gasteiger partial charge >= 0.3 is 0 Å². The van der Waals surface area contributed by atoms with Gasteiger partial charge in [-0.3, -0.25) is 4.98 Å². The largest absolute Gasteiger partial charge is 0.383 e. The molecule has 0 aromatic carbocycles. The molecule has 68 valence electrons. The van der Waals surface area contributed by atoms with Crippen LogP contribution in [0.3, 0.4) is 0 Å². The Hall–Kier alpha value is -1.42. The molecule has 0 N–H and O–H groups in total. The van der Waals surface area contributed by atoms with Crippen molar-refractivity contribution in [3.8, 4) is 0 Å². The topological polar surface area (TPSA) is 39.9 Å². The lowest BCUT2D eigenvalue weighted by atomic mass is 10.4. The summed E-state index contributed by atoms with van der Waals surface area (Å²) in [7, 11) is 1.70. The van der Waals surface area contributed by atoms with Gasteiger partial charge in [-0.15, -0.1) is 0 Å². The molecule has 4 heteroatoms. The summed E-state index contributed by atoms with van der Waals surface area (Å²) in [6.07, 6.45) is 5.34. The second kappa shape index (κ2) is 3.53. The molecule has 0 spiro atoms. The van der Waals surface area contributed by atoms with Gasteiger partial charge in [0.25, 0.3) is 0 Å². The molecule has 0 saturated carbocycles. The van der Waals surface area contributed by atoms with Crippen molar-refractivity contribution >= 4 is 11.0 Å². The molecule has 2 rings (SSSR count). The van der Waals surface area contributed by atoms with Crippen LogP contribution in [0.5, 0.6) is 0 Å². The SMILES string of the molecule is COCCn1cnc2cnccc21. The van der Waals surface area contributed by atoms with Gasteiger partial charge in [0.05, 0.1) is 24.6 Å². The Morgan fingerprint density at radius 3 is 3.31 bits per heavy atom. The maximum Gasteiger partial charge on any atom is 0.107 e. The number of imidazole rings is 1. The average molecular weight is 177 g/mol. The van der Waals surface area contributed by atoms with Crippen molar-refractivity contribution in [2.45, 2.75) is 6.54 Å². The molecular formula is C9H11N3O. The molecule has 0 amide bonds. The molecule has 4 nitrogen and oxygen atoms in total. The quantitative estimate of drug-likeness (QED) is 0.704. The standard InChI is InChI=1S/C9H11N3O/c1-13-5-4-12-7-11-8-6-10-3-2-9(8)12/h2-3,6-7H,4-5H2,1H3. The number of hydrogen-bond acceptors (Lipinski definition) is 3. The summed E-state index contributed by atoms with van der Waals surface area (Å²) in [5.41, 5.74) is 2.03. The fourth-order valence-corrected chi connectivity index (χ4v) is 1.28. The number of aromatic nitrogens is 3. The fraction of sp³-hybridized carbons (Fsp3) is 0.333. The van der Waals surface area contributed by atoms with Crippen LogP contribution in [0.2, 0.25) is 0 Å². The van der Waals surface area contributed by atoms with E-state index in [-0.39, 0.29) is 0 Å². The molecule has 0 aliphatic carbocycles. The van der Waals surface area contributed by atoms with E-state index < -0.39 is 0 Å². The van der Waals surface area contributed by atoms with Gasteiger partial charge in [-0.05, 0) is 6.07 Å². The van der Waals surface area contributed by atoms with Crippen LogP contribution in [0.4, 0.5) is 0 Å². The molecule has 0 unspecified atom stereocenters. The Kier molecular flexibility index (Phi) is 2.23. The maximum atomic E-state index is 5.00. The number of ether oxygens (including phenoxy) is 1. The van der Waals surface area contributed by atoms with Crippen molar-refractivity contribution in [1.29, 1.82) is 0 Å². The minimum absolute atomic E-state index is 0.702. The number of fused-ring (bicyclic) bond motifs is 1. The van der Waals surface area contributed by atoms with E-state index in [9.17, 15) is 0 Å². The number of rotatable bonds is 3. The summed E-state index contributed by atoms with van der Waals surface area (Å²) >= 11 is 0. The van der Waals surface area contributed by atoms with Gasteiger partial charge in [-0.25, -0.2) is 4.98 Å². The monoisotopic (exact) mass is 177 g/mol. The lowest BCUT2D eigenvalue weighted by Gasteiger charge is -2.01. The highest BCUT2D eigenvalue weighted by atomic mass is 16.5. The predicted octanol–water partition coefficient (Wildman–Crippen LogP) is 1.08. The Morgan fingerprint density at radius 1 is 1.54 bits per heavy atom. The first kappa shape index (κ1) is 8.19. The Labute approximate surface area is 76.2 Å². The zero-order valence-corrected chi connectivity index (χ0v) is 7.47. The van der Waals surface area contributed by atoms with Crippen LogP contribution in [0.1, 0.15) is 0 Å². The summed E-state index contributed by atoms with van der Waals surface area (Å²) in [5, 5.41) is 0. The zero-order chi connectivity index (χ0) is 9.10. The molecule has 0 fully saturated rings. The summed E-state index contributed by atoms with van der Waals surface area (Å²) < 4.78 is 7.06. The number of pyridine rings is 1. The van der Waals surface area contributed by atoms with Crippen molar-refractivity contribution in [2.24, 2.45) is 0 Å². The van der Waals surface area contributed by atoms with Gasteiger partial charge in [-0.2, -0.15) is 0 Å². The average Bonchev–Trinajstić information content (AvgIpc) is 2.58. The highest BCUT2D eigenvalue weighted by Gasteiger charge is 1.99. The first-order valence-electron chi connectivity index (χ1n) is 4.15. The lowest BCUT2D eigenvalue weighted by molar-refractivity contribution is 0.188. The molecule has 0 saturated heterocycles. The third kappa shape index (κ3) is 1.53. The third-order valence-electron chi connectivity index (χ3n) is 1.96. The molecule has 0 aliphatic heterocycles. The second-order valence-corrected chi connectivity index (χ2v) is 2.80. The van der Waals surface area contributed by atoms with Gasteiger partial charge < -0.3 is 9.30 Å². The zero-order valence-electron chi connectivity index (χ0n) is 7.47. The molecule has 2 aromatic heterocycles. The number of methoxy groups -OCH3 is 1. The fourth-order valence-electron chi connectivity index (χ4n) is 1.28. The van der Waals surface area contributed by atoms with E-state index in [0.29, 0.717) is 6.61 Å². The molecular weight excluding hydrogens is 166 g/mol. The molecule has 0 radical (unpaired) electrons. The molecule has 0 atom stereocenters. The molecule has 0 bridgehead atoms. The number of hydrogen-bond donors (Lipinski definition) is 0. The Morgan fingerprint density at radius 2 is 2.46 bits per heavy atom. The van der Waals surface area contributed by atoms with Crippen LogP contribution >= 0.6 is 0 Å². The van der Waals surface area contributed by atoms with Gasteiger partial charge in [0.1, 0.15) is 5.52 Å². The lowest BCUT2D eigenvalue weighted by Crippen LogP contribution is -2.02. The minimum Gasteiger partial charge on any atom is -0.383 e. The summed E-state index contributed by atoms with van der Waals surface area (Å²) in [4.78, 5) is 8.22. The van der Waals surface area contributed by atoms with Crippen molar-refractivity contribution in [1.82, 2.24) is 14.5 Å². The van der Waals surface area contributed by atoms with E-state index in [2.05, 4.69) is 14.5 Å². The summed E-state index contributed by atoms with van der Waals surface area (Å²) in [6, 6.07) is 1.96. The van der Waals surface area contributed by atoms with Crippen LogP contribution in [0.25, 0.3) is 11.0 Å². The first-order valence-corrected chi connectivity index (χ1v) is 4.15. The maximum absolute atomic E-state index is 5.00. The van der Waals surface area contributed by atoms with E-state index in [1.165, 1.54) is 0 Å². The van der Waals surface area contributed by atoms with Crippen molar-refractivity contribution in [3.63, 3.8) is 0 Å². The summed E-state index contributed by atoms with van der Waals surface area (Å²) in [5.74, 6) is 0. The van der Waals surface area contributed by atoms with Crippen LogP contribution < -0.4 is 0 Å². The van der Waals surface area contributed by atoms with E-state index in [1.54, 1.807) is 19.5 Å². The second-order valence-electron chi connectivity index (χ2n) is 2.80. The van der Waals surface area contributed by atoms with Gasteiger partial charge in [0, 0.05) is 19.9 Å². The smallest absolute Gasteiger partial charge is 0.107 e. The number of nitrogens with zero attached hydrogens (tertiary/aromatic N) is 3. The van der Waals surface area contributed by atoms with Crippen molar-refractivity contribution < 1.29 is 4.74 Å². The molecule has 0 aliphatic rings. The van der Waals surface area contributed by atoms with Crippen LogP contribution in [0, 0.1) is 0 Å². The van der Waals surface area contributed by atoms with Crippen molar-refractivity contribution in [2.75, 3.05) is 13.7 Å². The Balaban J connectivity index is 2.35. The minimum atomic E-state index is 0.702. The van der Waals surface area contributed by atoms with Crippen LogP contribution in [-0.2, 0) is 11.3 Å². The third-order valence-corrected chi connectivity index (χ3v) is 1.96. The van der Waals surface area contributed by atoms with E-state index >= 15 is 0 Å². The van der Waals surface area contributed by atoms with Gasteiger partial charge in [0.2, 0.25) is 0 Å². The van der Waals surface area contributed by atoms with E-state index in [0.717, 1.165) is 17.6 Å². The molecule has 13 heavy (non-hydrogen) atoms. The van der Waals surface area contributed by atoms with E-state index in [4.69, 9.17) is 4.74 Å². The Bertz CT molecular complexity index is 396. The van der Waals surface area contributed by atoms with Gasteiger partial charge in [-0.1, -0.05) is 0 Å². The van der Waals surface area contributed by atoms with E-state index in [1.807, 2.05) is 12.4 Å². The molecule has 2 heterocycles. The van der Waals surface area contributed by atoms with Gasteiger partial charge in [0.15, 0.2) is 0 Å². The normalized spacial score (nSPS) is 10.8.